The predicted octanol–water partition coefficient (Wildman–Crippen LogP) is 4.85. The number of halogens is 3. The number of alkyl halides is 3. The molecule has 5 nitrogen and oxygen atoms in total. The summed E-state index contributed by atoms with van der Waals surface area (Å²) in [5.41, 5.74) is 1.01. The van der Waals surface area contributed by atoms with Gasteiger partial charge in [0.25, 0.3) is 0 Å². The summed E-state index contributed by atoms with van der Waals surface area (Å²) in [6, 6.07) is 7.25. The third-order valence-corrected chi connectivity index (χ3v) is 6.04. The molecule has 2 heterocycles. The fourth-order valence-electron chi connectivity index (χ4n) is 3.19. The molecule has 0 atom stereocenters. The Labute approximate surface area is 158 Å². The van der Waals surface area contributed by atoms with Crippen molar-refractivity contribution in [3.8, 4) is 5.75 Å². The molecule has 0 spiro atoms. The highest BCUT2D eigenvalue weighted by Gasteiger charge is 2.31. The Bertz CT molecular complexity index is 1270. The minimum atomic E-state index is -4.62. The quantitative estimate of drug-likeness (QED) is 0.636. The molecule has 4 rings (SSSR count). The second-order valence-corrected chi connectivity index (χ2v) is 8.23. The molecule has 0 amide bonds. The highest BCUT2D eigenvalue weighted by atomic mass is 32.2. The van der Waals surface area contributed by atoms with E-state index in [0.717, 1.165) is 12.1 Å². The molecule has 28 heavy (non-hydrogen) atoms. The number of fused-ring (bicyclic) bond motifs is 2. The molecule has 0 saturated heterocycles. The molecule has 1 aliphatic rings. The van der Waals surface area contributed by atoms with Crippen LogP contribution in [0.4, 0.5) is 24.5 Å². The Balaban J connectivity index is 1.85. The number of nitrogens with zero attached hydrogens (tertiary/aromatic N) is 1. The van der Waals surface area contributed by atoms with Crippen LogP contribution in [0.2, 0.25) is 0 Å². The summed E-state index contributed by atoms with van der Waals surface area (Å²) in [4.78, 5) is 4.35. The van der Waals surface area contributed by atoms with Crippen LogP contribution in [-0.2, 0) is 16.0 Å². The zero-order valence-electron chi connectivity index (χ0n) is 14.4. The molecule has 1 aromatic heterocycles. The molecule has 2 aromatic carbocycles. The zero-order valence-corrected chi connectivity index (χ0v) is 15.2. The first kappa shape index (κ1) is 18.3. The van der Waals surface area contributed by atoms with Crippen LogP contribution in [0.25, 0.3) is 16.5 Å². The number of allylic oxidation sites excluding steroid dienone is 1. The molecule has 0 radical (unpaired) electrons. The third-order valence-electron chi connectivity index (χ3n) is 4.43. The number of rotatable bonds is 2. The second-order valence-electron chi connectivity index (χ2n) is 6.46. The molecule has 0 aliphatic carbocycles. The average molecular weight is 406 g/mol. The van der Waals surface area contributed by atoms with Crippen LogP contribution in [-0.4, -0.2) is 18.5 Å². The van der Waals surface area contributed by atoms with Crippen molar-refractivity contribution in [3.63, 3.8) is 0 Å². The van der Waals surface area contributed by atoms with Gasteiger partial charge in [0.05, 0.1) is 16.0 Å². The number of aromatic hydroxyl groups is 1. The molecule has 9 heteroatoms. The molecule has 0 bridgehead atoms. The van der Waals surface area contributed by atoms with Crippen molar-refractivity contribution in [1.82, 2.24) is 4.98 Å². The minimum Gasteiger partial charge on any atom is -0.508 e. The predicted molar refractivity (Wildman–Crippen MR) is 99.0 cm³/mol. The van der Waals surface area contributed by atoms with Gasteiger partial charge in [0.15, 0.2) is 0 Å². The number of anilines is 2. The van der Waals surface area contributed by atoms with E-state index >= 15 is 0 Å². The molecule has 3 aromatic rings. The summed E-state index contributed by atoms with van der Waals surface area (Å²) >= 11 is 0. The van der Waals surface area contributed by atoms with Crippen LogP contribution in [0.1, 0.15) is 18.1 Å². The number of hydrogen-bond donors (Lipinski definition) is 2. The number of phenolic OH excluding ortho intramolecular Hbond substituents is 1. The normalized spacial score (nSPS) is 15.4. The van der Waals surface area contributed by atoms with Gasteiger partial charge >= 0.3 is 6.18 Å². The fraction of sp³-hybridized carbons (Fsp3) is 0.105. The van der Waals surface area contributed by atoms with Crippen molar-refractivity contribution in [2.45, 2.75) is 18.0 Å². The molecule has 0 fully saturated rings. The maximum atomic E-state index is 13.0. The van der Waals surface area contributed by atoms with Gasteiger partial charge in [0, 0.05) is 34.4 Å². The topological polar surface area (TPSA) is 79.3 Å². The van der Waals surface area contributed by atoms with Gasteiger partial charge in [-0.2, -0.15) is 13.2 Å². The number of pyridine rings is 1. The highest BCUT2D eigenvalue weighted by Crippen LogP contribution is 2.39. The molecule has 0 saturated carbocycles. The second kappa shape index (κ2) is 5.96. The largest absolute Gasteiger partial charge is 0.508 e. The first-order valence-electron chi connectivity index (χ1n) is 8.09. The smallest absolute Gasteiger partial charge is 0.416 e. The van der Waals surface area contributed by atoms with Gasteiger partial charge in [0.2, 0.25) is 9.84 Å². The van der Waals surface area contributed by atoms with Crippen LogP contribution in [0.15, 0.2) is 52.9 Å². The van der Waals surface area contributed by atoms with Crippen LogP contribution >= 0.6 is 0 Å². The SMILES string of the molecule is CC1=CS(=O)(=O)c2cc3c(Nc4cc(O)cc(C(F)(F)F)c4)ccnc3cc21. The molecular formula is C19H13F3N2O3S. The van der Waals surface area contributed by atoms with Gasteiger partial charge in [-0.25, -0.2) is 8.42 Å². The summed E-state index contributed by atoms with van der Waals surface area (Å²) in [5, 5.41) is 14.1. The standard InChI is InChI=1S/C19H13F3N2O3S/c1-10-9-28(26,27)18-8-15-16(2-3-23-17(15)7-14(10)18)24-12-4-11(19(20,21)22)5-13(25)6-12/h2-9,25H,1H3,(H,23,24). The van der Waals surface area contributed by atoms with E-state index < -0.39 is 27.3 Å². The van der Waals surface area contributed by atoms with E-state index in [4.69, 9.17) is 0 Å². The van der Waals surface area contributed by atoms with Crippen LogP contribution in [0.3, 0.4) is 0 Å². The summed E-state index contributed by atoms with van der Waals surface area (Å²) in [5.74, 6) is -0.543. The number of phenols is 1. The first-order valence-corrected chi connectivity index (χ1v) is 9.64. The first-order chi connectivity index (χ1) is 13.0. The van der Waals surface area contributed by atoms with Crippen molar-refractivity contribution in [1.29, 1.82) is 0 Å². The van der Waals surface area contributed by atoms with Gasteiger partial charge < -0.3 is 10.4 Å². The van der Waals surface area contributed by atoms with Gasteiger partial charge in [-0.05, 0) is 48.4 Å². The van der Waals surface area contributed by atoms with E-state index in [1.807, 2.05) is 0 Å². The molecule has 2 N–H and O–H groups in total. The van der Waals surface area contributed by atoms with Crippen molar-refractivity contribution in [2.75, 3.05) is 5.32 Å². The zero-order chi connectivity index (χ0) is 20.3. The van der Waals surface area contributed by atoms with E-state index in [2.05, 4.69) is 10.3 Å². The molecule has 1 aliphatic heterocycles. The Morgan fingerprint density at radius 3 is 2.57 bits per heavy atom. The lowest BCUT2D eigenvalue weighted by Crippen LogP contribution is -2.05. The maximum Gasteiger partial charge on any atom is 0.416 e. The lowest BCUT2D eigenvalue weighted by atomic mass is 10.1. The lowest BCUT2D eigenvalue weighted by molar-refractivity contribution is -0.137. The van der Waals surface area contributed by atoms with Crippen LogP contribution in [0, 0.1) is 0 Å². The van der Waals surface area contributed by atoms with Crippen molar-refractivity contribution >= 4 is 37.7 Å². The summed E-state index contributed by atoms with van der Waals surface area (Å²) in [6.45, 7) is 1.68. The van der Waals surface area contributed by atoms with E-state index in [-0.39, 0.29) is 10.6 Å². The van der Waals surface area contributed by atoms with Gasteiger partial charge in [-0.3, -0.25) is 4.98 Å². The Morgan fingerprint density at radius 2 is 1.86 bits per heavy atom. The van der Waals surface area contributed by atoms with Gasteiger partial charge in [-0.15, -0.1) is 0 Å². The molecule has 0 unspecified atom stereocenters. The summed E-state index contributed by atoms with van der Waals surface area (Å²) < 4.78 is 63.6. The molecule has 144 valence electrons. The number of nitrogens with one attached hydrogen (secondary N) is 1. The average Bonchev–Trinajstić information content (AvgIpc) is 2.81. The monoisotopic (exact) mass is 406 g/mol. The minimum absolute atomic E-state index is 0.0116. The van der Waals surface area contributed by atoms with Gasteiger partial charge in [0.1, 0.15) is 5.75 Å². The number of sulfone groups is 1. The number of aromatic nitrogens is 1. The van der Waals surface area contributed by atoms with Crippen molar-refractivity contribution < 1.29 is 26.7 Å². The highest BCUT2D eigenvalue weighted by molar-refractivity contribution is 7.95. The fourth-order valence-corrected chi connectivity index (χ4v) is 4.72. The van der Waals surface area contributed by atoms with Crippen molar-refractivity contribution in [2.24, 2.45) is 0 Å². The van der Waals surface area contributed by atoms with E-state index in [1.165, 1.54) is 23.7 Å². The van der Waals surface area contributed by atoms with Crippen molar-refractivity contribution in [3.05, 3.63) is 59.1 Å². The van der Waals surface area contributed by atoms with E-state index in [9.17, 15) is 26.7 Å². The number of hydrogen-bond acceptors (Lipinski definition) is 5. The Morgan fingerprint density at radius 1 is 1.11 bits per heavy atom. The van der Waals surface area contributed by atoms with Crippen LogP contribution < -0.4 is 5.32 Å². The third kappa shape index (κ3) is 3.07. The Hall–Kier alpha value is -3.07. The lowest BCUT2D eigenvalue weighted by Gasteiger charge is -2.14. The number of benzene rings is 2. The molecular weight excluding hydrogens is 393 g/mol. The van der Waals surface area contributed by atoms with E-state index in [1.54, 1.807) is 13.0 Å². The van der Waals surface area contributed by atoms with E-state index in [0.29, 0.717) is 33.8 Å². The summed E-state index contributed by atoms with van der Waals surface area (Å²) in [6.07, 6.45) is -3.15. The van der Waals surface area contributed by atoms with Crippen LogP contribution in [0.5, 0.6) is 5.75 Å². The summed E-state index contributed by atoms with van der Waals surface area (Å²) in [7, 11) is -3.58. The Kier molecular flexibility index (Phi) is 3.90. The van der Waals surface area contributed by atoms with Gasteiger partial charge in [-0.1, -0.05) is 0 Å². The maximum absolute atomic E-state index is 13.0.